The van der Waals surface area contributed by atoms with E-state index in [4.69, 9.17) is 4.74 Å². The van der Waals surface area contributed by atoms with E-state index in [0.29, 0.717) is 25.0 Å². The van der Waals surface area contributed by atoms with Gasteiger partial charge in [-0.2, -0.15) is 0 Å². The van der Waals surface area contributed by atoms with Crippen LogP contribution in [0.2, 0.25) is 0 Å². The maximum Gasteiger partial charge on any atom is 0.269 e. The van der Waals surface area contributed by atoms with Crippen molar-refractivity contribution in [3.8, 4) is 0 Å². The number of halogens is 1. The van der Waals surface area contributed by atoms with Gasteiger partial charge < -0.3 is 15.4 Å². The van der Waals surface area contributed by atoms with Crippen LogP contribution in [0.3, 0.4) is 0 Å². The van der Waals surface area contributed by atoms with Gasteiger partial charge in [0.05, 0.1) is 17.6 Å². The summed E-state index contributed by atoms with van der Waals surface area (Å²) in [5.41, 5.74) is 1.05. The summed E-state index contributed by atoms with van der Waals surface area (Å²) in [5.74, 6) is 1.34. The van der Waals surface area contributed by atoms with Gasteiger partial charge in [0.2, 0.25) is 0 Å². The molecule has 8 nitrogen and oxygen atoms in total. The monoisotopic (exact) mass is 491 g/mol. The Labute approximate surface area is 177 Å². The fourth-order valence-corrected chi connectivity index (χ4v) is 2.94. The molecule has 1 aromatic carbocycles. The molecule has 0 aromatic heterocycles. The zero-order valence-corrected chi connectivity index (χ0v) is 18.5. The Bertz CT molecular complexity index is 610. The van der Waals surface area contributed by atoms with Crippen molar-refractivity contribution in [1.82, 2.24) is 15.5 Å². The van der Waals surface area contributed by atoms with Crippen molar-refractivity contribution in [1.29, 1.82) is 0 Å². The molecule has 1 unspecified atom stereocenters. The number of nitrogens with zero attached hydrogens (tertiary/aromatic N) is 3. The number of nitro benzene ring substituents is 1. The summed E-state index contributed by atoms with van der Waals surface area (Å²) in [6.45, 7) is 9.45. The Morgan fingerprint density at radius 1 is 1.37 bits per heavy atom. The van der Waals surface area contributed by atoms with Crippen molar-refractivity contribution in [2.75, 3.05) is 39.8 Å². The van der Waals surface area contributed by atoms with E-state index in [1.807, 2.05) is 0 Å². The zero-order valence-electron chi connectivity index (χ0n) is 16.2. The van der Waals surface area contributed by atoms with Crippen molar-refractivity contribution in [3.05, 3.63) is 39.9 Å². The number of nitro groups is 1. The predicted molar refractivity (Wildman–Crippen MR) is 118 cm³/mol. The SMILES string of the molecule is CN=C(NCc1ccc([N+](=O)[O-])cc1)NCC1CN(CC(C)C)CCO1.I. The van der Waals surface area contributed by atoms with Crippen molar-refractivity contribution in [2.24, 2.45) is 10.9 Å². The van der Waals surface area contributed by atoms with Crippen LogP contribution < -0.4 is 10.6 Å². The number of benzene rings is 1. The predicted octanol–water partition coefficient (Wildman–Crippen LogP) is 2.23. The standard InChI is InChI=1S/C18H29N5O3.HI/c1-14(2)12-22-8-9-26-17(13-22)11-21-18(19-3)20-10-15-4-6-16(7-5-15)23(24)25;/h4-7,14,17H,8-13H2,1-3H3,(H2,19,20,21);1H. The molecule has 0 bridgehead atoms. The summed E-state index contributed by atoms with van der Waals surface area (Å²) in [5, 5.41) is 17.2. The van der Waals surface area contributed by atoms with Gasteiger partial charge in [-0.05, 0) is 11.5 Å². The molecule has 2 rings (SSSR count). The minimum atomic E-state index is -0.398. The number of non-ortho nitro benzene ring substituents is 1. The first-order chi connectivity index (χ1) is 12.5. The maximum absolute atomic E-state index is 10.7. The Balaban J connectivity index is 0.00000364. The van der Waals surface area contributed by atoms with E-state index in [1.165, 1.54) is 12.1 Å². The lowest BCUT2D eigenvalue weighted by Gasteiger charge is -2.34. The third-order valence-corrected chi connectivity index (χ3v) is 4.17. The van der Waals surface area contributed by atoms with E-state index in [2.05, 4.69) is 34.4 Å². The Hall–Kier alpha value is -1.46. The first-order valence-corrected chi connectivity index (χ1v) is 8.99. The number of nitrogens with one attached hydrogen (secondary N) is 2. The molecule has 2 N–H and O–H groups in total. The van der Waals surface area contributed by atoms with Crippen LogP contribution in [-0.4, -0.2) is 61.7 Å². The van der Waals surface area contributed by atoms with Crippen LogP contribution in [0.25, 0.3) is 0 Å². The average Bonchev–Trinajstić information content (AvgIpc) is 2.62. The summed E-state index contributed by atoms with van der Waals surface area (Å²) >= 11 is 0. The first-order valence-electron chi connectivity index (χ1n) is 8.99. The number of morpholine rings is 1. The van der Waals surface area contributed by atoms with E-state index in [9.17, 15) is 10.1 Å². The molecule has 1 aliphatic rings. The van der Waals surface area contributed by atoms with Crippen LogP contribution in [-0.2, 0) is 11.3 Å². The van der Waals surface area contributed by atoms with Gasteiger partial charge in [0.15, 0.2) is 5.96 Å². The van der Waals surface area contributed by atoms with Crippen LogP contribution in [0.5, 0.6) is 0 Å². The van der Waals surface area contributed by atoms with Gasteiger partial charge in [0, 0.05) is 51.9 Å². The molecule has 27 heavy (non-hydrogen) atoms. The van der Waals surface area contributed by atoms with E-state index < -0.39 is 4.92 Å². The number of hydrogen-bond acceptors (Lipinski definition) is 5. The average molecular weight is 491 g/mol. The summed E-state index contributed by atoms with van der Waals surface area (Å²) < 4.78 is 5.83. The minimum Gasteiger partial charge on any atom is -0.374 e. The van der Waals surface area contributed by atoms with E-state index >= 15 is 0 Å². The Morgan fingerprint density at radius 3 is 2.67 bits per heavy atom. The highest BCUT2D eigenvalue weighted by Gasteiger charge is 2.21. The second kappa shape index (κ2) is 12.1. The third-order valence-electron chi connectivity index (χ3n) is 4.17. The van der Waals surface area contributed by atoms with Crippen molar-refractivity contribution >= 4 is 35.6 Å². The lowest BCUT2D eigenvalue weighted by Crippen LogP contribution is -2.50. The number of ether oxygens (including phenoxy) is 1. The first kappa shape index (κ1) is 23.6. The molecule has 1 atom stereocenters. The zero-order chi connectivity index (χ0) is 18.9. The highest BCUT2D eigenvalue weighted by atomic mass is 127. The summed E-state index contributed by atoms with van der Waals surface area (Å²) in [6.07, 6.45) is 0.139. The molecule has 9 heteroatoms. The van der Waals surface area contributed by atoms with E-state index in [0.717, 1.165) is 31.8 Å². The minimum absolute atomic E-state index is 0. The van der Waals surface area contributed by atoms with Crippen LogP contribution in [0, 0.1) is 16.0 Å². The molecule has 1 heterocycles. The van der Waals surface area contributed by atoms with Gasteiger partial charge in [-0.15, -0.1) is 24.0 Å². The molecule has 0 radical (unpaired) electrons. The molecule has 1 aliphatic heterocycles. The third kappa shape index (κ3) is 8.39. The van der Waals surface area contributed by atoms with Gasteiger partial charge in [-0.3, -0.25) is 20.0 Å². The molecule has 1 aromatic rings. The second-order valence-electron chi connectivity index (χ2n) is 6.88. The quantitative estimate of drug-likeness (QED) is 0.200. The molecule has 0 aliphatic carbocycles. The fraction of sp³-hybridized carbons (Fsp3) is 0.611. The highest BCUT2D eigenvalue weighted by Crippen LogP contribution is 2.11. The van der Waals surface area contributed by atoms with Gasteiger partial charge in [0.25, 0.3) is 5.69 Å². The Morgan fingerprint density at radius 2 is 2.07 bits per heavy atom. The van der Waals surface area contributed by atoms with Gasteiger partial charge in [-0.1, -0.05) is 26.0 Å². The molecule has 0 amide bonds. The molecule has 1 fully saturated rings. The summed E-state index contributed by atoms with van der Waals surface area (Å²) in [7, 11) is 1.72. The lowest BCUT2D eigenvalue weighted by atomic mass is 10.2. The smallest absolute Gasteiger partial charge is 0.269 e. The summed E-state index contributed by atoms with van der Waals surface area (Å²) in [4.78, 5) is 16.9. The lowest BCUT2D eigenvalue weighted by molar-refractivity contribution is -0.384. The largest absolute Gasteiger partial charge is 0.374 e. The molecule has 0 saturated carbocycles. The molecule has 0 spiro atoms. The Kier molecular flexibility index (Phi) is 10.6. The number of guanidine groups is 1. The summed E-state index contributed by atoms with van der Waals surface area (Å²) in [6, 6.07) is 6.50. The van der Waals surface area contributed by atoms with Crippen molar-refractivity contribution < 1.29 is 9.66 Å². The number of rotatable bonds is 7. The number of hydrogen-bond donors (Lipinski definition) is 2. The fourth-order valence-electron chi connectivity index (χ4n) is 2.94. The maximum atomic E-state index is 10.7. The normalized spacial score (nSPS) is 18.1. The highest BCUT2D eigenvalue weighted by molar-refractivity contribution is 14.0. The molecular formula is C18H30IN5O3. The van der Waals surface area contributed by atoms with Crippen molar-refractivity contribution in [2.45, 2.75) is 26.5 Å². The van der Waals surface area contributed by atoms with Crippen LogP contribution in [0.4, 0.5) is 5.69 Å². The van der Waals surface area contributed by atoms with E-state index in [1.54, 1.807) is 19.2 Å². The van der Waals surface area contributed by atoms with Crippen molar-refractivity contribution in [3.63, 3.8) is 0 Å². The van der Waals surface area contributed by atoms with E-state index in [-0.39, 0.29) is 35.8 Å². The molecule has 152 valence electrons. The van der Waals surface area contributed by atoms with Gasteiger partial charge in [0.1, 0.15) is 0 Å². The second-order valence-corrected chi connectivity index (χ2v) is 6.88. The topological polar surface area (TPSA) is 92.0 Å². The van der Waals surface area contributed by atoms with Gasteiger partial charge in [-0.25, -0.2) is 0 Å². The van der Waals surface area contributed by atoms with Crippen LogP contribution in [0.15, 0.2) is 29.3 Å². The van der Waals surface area contributed by atoms with Crippen LogP contribution >= 0.6 is 24.0 Å². The molecular weight excluding hydrogens is 461 g/mol. The van der Waals surface area contributed by atoms with Crippen LogP contribution in [0.1, 0.15) is 19.4 Å². The molecule has 1 saturated heterocycles. The van der Waals surface area contributed by atoms with Gasteiger partial charge >= 0.3 is 0 Å². The number of aliphatic imine (C=N–C) groups is 1.